The zero-order chi connectivity index (χ0) is 17.5. The van der Waals surface area contributed by atoms with Crippen LogP contribution in [0.2, 0.25) is 0 Å². The molecule has 0 heterocycles. The van der Waals surface area contributed by atoms with Gasteiger partial charge < -0.3 is 15.5 Å². The highest BCUT2D eigenvalue weighted by Crippen LogP contribution is 2.28. The monoisotopic (exact) mass is 339 g/mol. The van der Waals surface area contributed by atoms with Crippen molar-refractivity contribution < 1.29 is 0 Å². The van der Waals surface area contributed by atoms with E-state index in [-0.39, 0.29) is 0 Å². The molecule has 2 N–H and O–H groups in total. The number of benzene rings is 2. The van der Waals surface area contributed by atoms with Crippen LogP contribution in [0.15, 0.2) is 66.7 Å². The number of anilines is 3. The van der Waals surface area contributed by atoms with E-state index < -0.39 is 0 Å². The number of nitrogens with one attached hydrogen (secondary N) is 2. The highest BCUT2D eigenvalue weighted by molar-refractivity contribution is 7.80. The van der Waals surface area contributed by atoms with Gasteiger partial charge in [-0.05, 0) is 69.4 Å². The molecule has 3 nitrogen and oxygen atoms in total. The molecule has 0 aliphatic heterocycles. The van der Waals surface area contributed by atoms with Crippen LogP contribution in [0, 0.1) is 0 Å². The van der Waals surface area contributed by atoms with Crippen molar-refractivity contribution in [3.63, 3.8) is 0 Å². The second-order valence-electron chi connectivity index (χ2n) is 6.11. The third kappa shape index (κ3) is 5.10. The molecule has 4 heteroatoms. The van der Waals surface area contributed by atoms with Gasteiger partial charge in [0.05, 0.1) is 0 Å². The second kappa shape index (κ2) is 8.50. The van der Waals surface area contributed by atoms with Gasteiger partial charge >= 0.3 is 0 Å². The van der Waals surface area contributed by atoms with Crippen LogP contribution in [0.1, 0.15) is 20.8 Å². The van der Waals surface area contributed by atoms with E-state index in [0.29, 0.717) is 17.7 Å². The molecule has 2 rings (SSSR count). The molecule has 0 atom stereocenters. The Bertz CT molecular complexity index is 678. The zero-order valence-electron chi connectivity index (χ0n) is 14.5. The minimum Gasteiger partial charge on any atom is -0.359 e. The Morgan fingerprint density at radius 3 is 2.17 bits per heavy atom. The van der Waals surface area contributed by atoms with E-state index in [1.807, 2.05) is 25.1 Å². The van der Waals surface area contributed by atoms with Gasteiger partial charge in [0.1, 0.15) is 0 Å². The molecule has 2 aromatic rings. The topological polar surface area (TPSA) is 27.3 Å². The van der Waals surface area contributed by atoms with Crippen molar-refractivity contribution in [2.45, 2.75) is 26.8 Å². The van der Waals surface area contributed by atoms with Crippen LogP contribution in [0.4, 0.5) is 17.1 Å². The summed E-state index contributed by atoms with van der Waals surface area (Å²) < 4.78 is 0. The maximum atomic E-state index is 5.28. The number of hydrogen-bond acceptors (Lipinski definition) is 2. The van der Waals surface area contributed by atoms with Crippen LogP contribution < -0.4 is 15.5 Å². The standard InChI is InChI=1S/C20H25N3S/c1-15(2)14-21-20(24)22-17-10-12-19(13-11-17)23(16(3)4)18-8-6-5-7-9-18/h5-13,16H,1,14H2,2-4H3,(H2,21,22,24). The lowest BCUT2D eigenvalue weighted by Crippen LogP contribution is -2.29. The van der Waals surface area contributed by atoms with Gasteiger partial charge in [0.15, 0.2) is 5.11 Å². The van der Waals surface area contributed by atoms with Gasteiger partial charge in [0.25, 0.3) is 0 Å². The third-order valence-corrected chi connectivity index (χ3v) is 3.75. The average molecular weight is 340 g/mol. The summed E-state index contributed by atoms with van der Waals surface area (Å²) in [7, 11) is 0. The van der Waals surface area contributed by atoms with Gasteiger partial charge in [0, 0.05) is 29.6 Å². The summed E-state index contributed by atoms with van der Waals surface area (Å²) in [6, 6.07) is 19.1. The molecular weight excluding hydrogens is 314 g/mol. The molecule has 0 fully saturated rings. The summed E-state index contributed by atoms with van der Waals surface area (Å²) in [4.78, 5) is 2.31. The highest BCUT2D eigenvalue weighted by atomic mass is 32.1. The maximum absolute atomic E-state index is 5.28. The fourth-order valence-corrected chi connectivity index (χ4v) is 2.64. The summed E-state index contributed by atoms with van der Waals surface area (Å²) in [6.07, 6.45) is 0. The van der Waals surface area contributed by atoms with E-state index in [2.05, 4.69) is 72.4 Å². The van der Waals surface area contributed by atoms with Gasteiger partial charge in [-0.1, -0.05) is 30.4 Å². The highest BCUT2D eigenvalue weighted by Gasteiger charge is 2.12. The van der Waals surface area contributed by atoms with Crippen LogP contribution in [-0.4, -0.2) is 17.7 Å². The van der Waals surface area contributed by atoms with Crippen molar-refractivity contribution in [2.75, 3.05) is 16.8 Å². The first-order valence-corrected chi connectivity index (χ1v) is 8.52. The van der Waals surface area contributed by atoms with E-state index in [9.17, 15) is 0 Å². The number of hydrogen-bond donors (Lipinski definition) is 2. The van der Waals surface area contributed by atoms with Crippen LogP contribution in [0.25, 0.3) is 0 Å². The fraction of sp³-hybridized carbons (Fsp3) is 0.250. The van der Waals surface area contributed by atoms with E-state index in [1.54, 1.807) is 0 Å². The zero-order valence-corrected chi connectivity index (χ0v) is 15.4. The van der Waals surface area contributed by atoms with E-state index in [1.165, 1.54) is 5.69 Å². The third-order valence-electron chi connectivity index (χ3n) is 3.50. The first-order valence-electron chi connectivity index (χ1n) is 8.11. The first kappa shape index (κ1) is 18.0. The Morgan fingerprint density at radius 1 is 1.04 bits per heavy atom. The lowest BCUT2D eigenvalue weighted by molar-refractivity contribution is 0.789. The van der Waals surface area contributed by atoms with Gasteiger partial charge in [-0.2, -0.15) is 0 Å². The molecule has 0 saturated carbocycles. The van der Waals surface area contributed by atoms with Crippen molar-refractivity contribution in [1.29, 1.82) is 0 Å². The Balaban J connectivity index is 2.10. The lowest BCUT2D eigenvalue weighted by Gasteiger charge is -2.29. The molecule has 0 bridgehead atoms. The predicted molar refractivity (Wildman–Crippen MR) is 109 cm³/mol. The quantitative estimate of drug-likeness (QED) is 0.566. The summed E-state index contributed by atoms with van der Waals surface area (Å²) in [6.45, 7) is 10.9. The summed E-state index contributed by atoms with van der Waals surface area (Å²) >= 11 is 5.28. The second-order valence-corrected chi connectivity index (χ2v) is 6.52. The molecule has 0 aliphatic carbocycles. The molecule has 0 amide bonds. The normalized spacial score (nSPS) is 10.3. The molecule has 126 valence electrons. The van der Waals surface area contributed by atoms with Crippen molar-refractivity contribution in [3.05, 3.63) is 66.7 Å². The Hall–Kier alpha value is -2.33. The van der Waals surface area contributed by atoms with E-state index >= 15 is 0 Å². The van der Waals surface area contributed by atoms with Crippen LogP contribution in [0.3, 0.4) is 0 Å². The van der Waals surface area contributed by atoms with Crippen molar-refractivity contribution in [1.82, 2.24) is 5.32 Å². The SMILES string of the molecule is C=C(C)CNC(=S)Nc1ccc(N(c2ccccc2)C(C)C)cc1. The number of thiocarbonyl (C=S) groups is 1. The molecule has 0 radical (unpaired) electrons. The molecule has 2 aromatic carbocycles. The van der Waals surface area contributed by atoms with Gasteiger partial charge in [-0.25, -0.2) is 0 Å². The summed E-state index contributed by atoms with van der Waals surface area (Å²) in [5, 5.41) is 6.92. The molecule has 24 heavy (non-hydrogen) atoms. The Labute approximate surface area is 150 Å². The lowest BCUT2D eigenvalue weighted by atomic mass is 10.2. The number of nitrogens with zero attached hydrogens (tertiary/aromatic N) is 1. The van der Waals surface area contributed by atoms with Gasteiger partial charge in [-0.15, -0.1) is 0 Å². The fourth-order valence-electron chi connectivity index (χ4n) is 2.45. The van der Waals surface area contributed by atoms with Gasteiger partial charge in [0.2, 0.25) is 0 Å². The van der Waals surface area contributed by atoms with Gasteiger partial charge in [-0.3, -0.25) is 0 Å². The van der Waals surface area contributed by atoms with Crippen molar-refractivity contribution in [3.8, 4) is 0 Å². The maximum Gasteiger partial charge on any atom is 0.171 e. The van der Waals surface area contributed by atoms with Crippen LogP contribution >= 0.6 is 12.2 Å². The number of rotatable bonds is 6. The van der Waals surface area contributed by atoms with Crippen molar-refractivity contribution in [2.24, 2.45) is 0 Å². The molecule has 0 aromatic heterocycles. The van der Waals surface area contributed by atoms with Crippen molar-refractivity contribution >= 4 is 34.4 Å². The van der Waals surface area contributed by atoms with Crippen LogP contribution in [-0.2, 0) is 0 Å². The smallest absolute Gasteiger partial charge is 0.171 e. The Morgan fingerprint density at radius 2 is 1.62 bits per heavy atom. The molecular formula is C20H25N3S. The largest absolute Gasteiger partial charge is 0.359 e. The molecule has 0 spiro atoms. The first-order chi connectivity index (χ1) is 11.5. The molecule has 0 unspecified atom stereocenters. The van der Waals surface area contributed by atoms with E-state index in [0.717, 1.165) is 16.9 Å². The molecule has 0 aliphatic rings. The predicted octanol–water partition coefficient (Wildman–Crippen LogP) is 5.10. The summed E-state index contributed by atoms with van der Waals surface area (Å²) in [5.41, 5.74) is 4.36. The van der Waals surface area contributed by atoms with E-state index in [4.69, 9.17) is 12.2 Å². The summed E-state index contributed by atoms with van der Waals surface area (Å²) in [5.74, 6) is 0. The minimum absolute atomic E-state index is 0.365. The Kier molecular flexibility index (Phi) is 6.38. The van der Waals surface area contributed by atoms with Crippen LogP contribution in [0.5, 0.6) is 0 Å². The number of para-hydroxylation sites is 1. The molecule has 0 saturated heterocycles. The minimum atomic E-state index is 0.365. The average Bonchev–Trinajstić information content (AvgIpc) is 2.55.